The molecule has 0 radical (unpaired) electrons. The van der Waals surface area contributed by atoms with Gasteiger partial charge in [0.2, 0.25) is 0 Å². The van der Waals surface area contributed by atoms with Crippen LogP contribution in [0, 0.1) is 11.8 Å². The van der Waals surface area contributed by atoms with Crippen molar-refractivity contribution in [2.75, 3.05) is 5.32 Å². The molecule has 2 heterocycles. The second-order valence-corrected chi connectivity index (χ2v) is 6.16. The van der Waals surface area contributed by atoms with Crippen molar-refractivity contribution in [2.24, 2.45) is 11.8 Å². The zero-order valence-corrected chi connectivity index (χ0v) is 12.7. The minimum absolute atomic E-state index is 0.519. The van der Waals surface area contributed by atoms with Crippen molar-refractivity contribution in [3.63, 3.8) is 0 Å². The molecule has 1 fully saturated rings. The second-order valence-electron chi connectivity index (χ2n) is 6.16. The number of hydrogen-bond acceptors (Lipinski definition) is 4. The van der Waals surface area contributed by atoms with Crippen molar-refractivity contribution in [1.82, 2.24) is 19.7 Å². The molecule has 1 N–H and O–H groups in total. The molecule has 112 valence electrons. The first kappa shape index (κ1) is 14.0. The Morgan fingerprint density at radius 3 is 2.90 bits per heavy atom. The summed E-state index contributed by atoms with van der Waals surface area (Å²) in [6.45, 7) is 4.65. The van der Waals surface area contributed by atoms with Gasteiger partial charge in [-0.3, -0.25) is 0 Å². The van der Waals surface area contributed by atoms with Crippen molar-refractivity contribution in [3.05, 3.63) is 31.0 Å². The van der Waals surface area contributed by atoms with Crippen LogP contribution in [0.2, 0.25) is 0 Å². The number of rotatable bonds is 4. The molecule has 2 unspecified atom stereocenters. The molecule has 0 bridgehead atoms. The summed E-state index contributed by atoms with van der Waals surface area (Å²) < 4.78 is 1.72. The lowest BCUT2D eigenvalue weighted by Gasteiger charge is -2.35. The van der Waals surface area contributed by atoms with Gasteiger partial charge in [0.1, 0.15) is 12.7 Å². The molecule has 0 aliphatic heterocycles. The average molecular weight is 285 g/mol. The largest absolute Gasteiger partial charge is 0.379 e. The van der Waals surface area contributed by atoms with Gasteiger partial charge in [0.05, 0.1) is 5.69 Å². The first-order chi connectivity index (χ1) is 10.3. The monoisotopic (exact) mass is 285 g/mol. The molecule has 0 saturated heterocycles. The highest BCUT2D eigenvalue weighted by atomic mass is 15.3. The maximum Gasteiger partial charge on any atom is 0.178 e. The molecule has 2 aromatic rings. The maximum atomic E-state index is 4.45. The Kier molecular flexibility index (Phi) is 4.18. The Balaban J connectivity index is 1.84. The van der Waals surface area contributed by atoms with Crippen LogP contribution in [-0.2, 0) is 0 Å². The molecule has 2 aromatic heterocycles. The zero-order valence-electron chi connectivity index (χ0n) is 12.7. The predicted octanol–water partition coefficient (Wildman–Crippen LogP) is 3.29. The van der Waals surface area contributed by atoms with E-state index >= 15 is 0 Å². The van der Waals surface area contributed by atoms with Gasteiger partial charge in [0, 0.05) is 12.2 Å². The molecule has 1 aliphatic rings. The fraction of sp³-hybridized carbons (Fsp3) is 0.562. The Morgan fingerprint density at radius 1 is 1.29 bits per heavy atom. The fourth-order valence-corrected chi connectivity index (χ4v) is 3.35. The Hall–Kier alpha value is -1.91. The van der Waals surface area contributed by atoms with Gasteiger partial charge in [-0.15, -0.1) is 0 Å². The molecule has 0 spiro atoms. The Labute approximate surface area is 125 Å². The molecule has 0 amide bonds. The molecule has 2 atom stereocenters. The molecule has 5 nitrogen and oxygen atoms in total. The highest BCUT2D eigenvalue weighted by Crippen LogP contribution is 2.33. The van der Waals surface area contributed by atoms with E-state index in [4.69, 9.17) is 0 Å². The SMILES string of the molecule is CC(C)C1CCCCC1Nc1cccnc1-n1cncn1. The van der Waals surface area contributed by atoms with Gasteiger partial charge in [0.15, 0.2) is 5.82 Å². The highest BCUT2D eigenvalue weighted by molar-refractivity contribution is 5.56. The second kappa shape index (κ2) is 6.24. The van der Waals surface area contributed by atoms with E-state index in [9.17, 15) is 0 Å². The molecule has 5 heteroatoms. The van der Waals surface area contributed by atoms with Crippen LogP contribution < -0.4 is 5.32 Å². The van der Waals surface area contributed by atoms with E-state index in [1.807, 2.05) is 6.07 Å². The number of nitrogens with one attached hydrogen (secondary N) is 1. The average Bonchev–Trinajstić information content (AvgIpc) is 3.02. The zero-order chi connectivity index (χ0) is 14.7. The third-order valence-electron chi connectivity index (χ3n) is 4.44. The molecular weight excluding hydrogens is 262 g/mol. The molecule has 3 rings (SSSR count). The van der Waals surface area contributed by atoms with Crippen LogP contribution in [0.25, 0.3) is 5.82 Å². The van der Waals surface area contributed by atoms with E-state index < -0.39 is 0 Å². The van der Waals surface area contributed by atoms with Crippen molar-refractivity contribution >= 4 is 5.69 Å². The predicted molar refractivity (Wildman–Crippen MR) is 83.4 cm³/mol. The number of hydrogen-bond donors (Lipinski definition) is 1. The van der Waals surface area contributed by atoms with Crippen molar-refractivity contribution in [1.29, 1.82) is 0 Å². The third-order valence-corrected chi connectivity index (χ3v) is 4.44. The van der Waals surface area contributed by atoms with E-state index in [1.54, 1.807) is 17.2 Å². The van der Waals surface area contributed by atoms with Gasteiger partial charge in [-0.1, -0.05) is 26.7 Å². The van der Waals surface area contributed by atoms with Gasteiger partial charge in [0.25, 0.3) is 0 Å². The van der Waals surface area contributed by atoms with Crippen molar-refractivity contribution in [3.8, 4) is 5.82 Å². The van der Waals surface area contributed by atoms with Crippen LogP contribution >= 0.6 is 0 Å². The molecule has 21 heavy (non-hydrogen) atoms. The van der Waals surface area contributed by atoms with Gasteiger partial charge >= 0.3 is 0 Å². The summed E-state index contributed by atoms with van der Waals surface area (Å²) in [5, 5.41) is 7.92. The molecular formula is C16H23N5. The van der Waals surface area contributed by atoms with Gasteiger partial charge < -0.3 is 5.32 Å². The van der Waals surface area contributed by atoms with Crippen LogP contribution in [0.1, 0.15) is 39.5 Å². The van der Waals surface area contributed by atoms with E-state index in [0.717, 1.165) is 17.4 Å². The quantitative estimate of drug-likeness (QED) is 0.936. The van der Waals surface area contributed by atoms with E-state index in [1.165, 1.54) is 32.0 Å². The maximum absolute atomic E-state index is 4.45. The van der Waals surface area contributed by atoms with E-state index in [-0.39, 0.29) is 0 Å². The first-order valence-electron chi connectivity index (χ1n) is 7.82. The number of pyridine rings is 1. The first-order valence-corrected chi connectivity index (χ1v) is 7.82. The summed E-state index contributed by atoms with van der Waals surface area (Å²) in [4.78, 5) is 8.47. The van der Waals surface area contributed by atoms with Gasteiger partial charge in [-0.2, -0.15) is 5.10 Å². The van der Waals surface area contributed by atoms with E-state index in [0.29, 0.717) is 12.0 Å². The fourth-order valence-electron chi connectivity index (χ4n) is 3.35. The van der Waals surface area contributed by atoms with E-state index in [2.05, 4.69) is 40.3 Å². The van der Waals surface area contributed by atoms with Gasteiger partial charge in [-0.25, -0.2) is 14.6 Å². The lowest BCUT2D eigenvalue weighted by Crippen LogP contribution is -2.35. The van der Waals surface area contributed by atoms with Crippen LogP contribution in [0.4, 0.5) is 5.69 Å². The number of anilines is 1. The lowest BCUT2D eigenvalue weighted by molar-refractivity contribution is 0.253. The standard InChI is InChI=1S/C16H23N5/c1-12(2)13-6-3-4-7-14(13)20-15-8-5-9-18-16(15)21-11-17-10-19-21/h5,8-14,20H,3-4,6-7H2,1-2H3. The topological polar surface area (TPSA) is 55.6 Å². The molecule has 0 aromatic carbocycles. The smallest absolute Gasteiger partial charge is 0.178 e. The Morgan fingerprint density at radius 2 is 2.14 bits per heavy atom. The summed E-state index contributed by atoms with van der Waals surface area (Å²) in [5.74, 6) is 2.25. The lowest BCUT2D eigenvalue weighted by atomic mass is 9.78. The molecule has 1 saturated carbocycles. The van der Waals surface area contributed by atoms with Gasteiger partial charge in [-0.05, 0) is 36.8 Å². The number of aromatic nitrogens is 4. The summed E-state index contributed by atoms with van der Waals surface area (Å²) in [6, 6.07) is 4.57. The summed E-state index contributed by atoms with van der Waals surface area (Å²) in [7, 11) is 0. The van der Waals surface area contributed by atoms with Crippen LogP contribution in [-0.4, -0.2) is 25.8 Å². The van der Waals surface area contributed by atoms with Crippen molar-refractivity contribution in [2.45, 2.75) is 45.6 Å². The molecule has 1 aliphatic carbocycles. The van der Waals surface area contributed by atoms with Crippen molar-refractivity contribution < 1.29 is 0 Å². The third kappa shape index (κ3) is 3.06. The normalized spacial score (nSPS) is 22.4. The van der Waals surface area contributed by atoms with Crippen LogP contribution in [0.3, 0.4) is 0 Å². The van der Waals surface area contributed by atoms with Crippen LogP contribution in [0.15, 0.2) is 31.0 Å². The highest BCUT2D eigenvalue weighted by Gasteiger charge is 2.28. The summed E-state index contributed by atoms with van der Waals surface area (Å²) in [5.41, 5.74) is 1.04. The van der Waals surface area contributed by atoms with Crippen LogP contribution in [0.5, 0.6) is 0 Å². The Bertz CT molecular complexity index is 564. The summed E-state index contributed by atoms with van der Waals surface area (Å²) in [6.07, 6.45) is 10.2. The number of nitrogens with zero attached hydrogens (tertiary/aromatic N) is 4. The minimum atomic E-state index is 0.519. The minimum Gasteiger partial charge on any atom is -0.379 e. The summed E-state index contributed by atoms with van der Waals surface area (Å²) >= 11 is 0.